The van der Waals surface area contributed by atoms with Crippen molar-refractivity contribution in [3.05, 3.63) is 63.7 Å². The van der Waals surface area contributed by atoms with Gasteiger partial charge in [0.1, 0.15) is 5.75 Å². The number of non-ortho nitro benzene ring substituents is 1. The van der Waals surface area contributed by atoms with Gasteiger partial charge in [-0.1, -0.05) is 24.3 Å². The fourth-order valence-corrected chi connectivity index (χ4v) is 1.91. The van der Waals surface area contributed by atoms with E-state index in [0.717, 1.165) is 11.1 Å². The summed E-state index contributed by atoms with van der Waals surface area (Å²) >= 11 is 0. The molecule has 6 nitrogen and oxygen atoms in total. The van der Waals surface area contributed by atoms with Gasteiger partial charge in [-0.25, -0.2) is 0 Å². The van der Waals surface area contributed by atoms with Crippen LogP contribution in [0, 0.1) is 10.1 Å². The predicted octanol–water partition coefficient (Wildman–Crippen LogP) is 2.71. The Kier molecular flexibility index (Phi) is 4.73. The van der Waals surface area contributed by atoms with Crippen LogP contribution in [0.1, 0.15) is 11.1 Å². The molecule has 0 atom stereocenters. The molecule has 0 radical (unpaired) electrons. The van der Waals surface area contributed by atoms with Crippen molar-refractivity contribution in [1.82, 2.24) is 0 Å². The molecule has 0 unspecified atom stereocenters. The van der Waals surface area contributed by atoms with Crippen LogP contribution in [0.3, 0.4) is 0 Å². The lowest BCUT2D eigenvalue weighted by Gasteiger charge is -2.11. The van der Waals surface area contributed by atoms with Crippen molar-refractivity contribution >= 4 is 11.4 Å². The van der Waals surface area contributed by atoms with Gasteiger partial charge < -0.3 is 15.2 Å². The molecule has 0 amide bonds. The number of ether oxygens (including phenoxy) is 1. The highest BCUT2D eigenvalue weighted by molar-refractivity contribution is 5.61. The third-order valence-electron chi connectivity index (χ3n) is 3.08. The number of benzene rings is 2. The molecular weight excluding hydrogens is 272 g/mol. The summed E-state index contributed by atoms with van der Waals surface area (Å²) in [5.74, 6) is 0.549. The minimum atomic E-state index is -0.444. The quantitative estimate of drug-likeness (QED) is 0.630. The van der Waals surface area contributed by atoms with Gasteiger partial charge in [-0.2, -0.15) is 0 Å². The molecule has 0 heterocycles. The smallest absolute Gasteiger partial charge is 0.271 e. The molecule has 2 aromatic carbocycles. The summed E-state index contributed by atoms with van der Waals surface area (Å²) in [6.07, 6.45) is 0. The number of hydrogen-bond acceptors (Lipinski definition) is 5. The first kappa shape index (κ1) is 14.8. The first-order chi connectivity index (χ1) is 10.1. The van der Waals surface area contributed by atoms with Crippen LogP contribution >= 0.6 is 0 Å². The molecule has 0 spiro atoms. The number of nitrogens with zero attached hydrogens (tertiary/aromatic N) is 1. The van der Waals surface area contributed by atoms with Gasteiger partial charge in [-0.3, -0.25) is 10.1 Å². The standard InChI is InChI=1S/C15H16N2O4/c1-21-15-7-6-13(17(19)20)8-14(15)16-9-11-2-4-12(10-18)5-3-11/h2-8,16,18H,9-10H2,1H3. The largest absolute Gasteiger partial charge is 0.495 e. The third kappa shape index (κ3) is 3.70. The lowest BCUT2D eigenvalue weighted by atomic mass is 10.1. The van der Waals surface area contributed by atoms with Gasteiger partial charge in [0.25, 0.3) is 5.69 Å². The fraction of sp³-hybridized carbons (Fsp3) is 0.200. The molecule has 0 saturated carbocycles. The Morgan fingerprint density at radius 3 is 2.43 bits per heavy atom. The maximum atomic E-state index is 10.8. The second-order valence-electron chi connectivity index (χ2n) is 4.47. The van der Waals surface area contributed by atoms with Gasteiger partial charge >= 0.3 is 0 Å². The van der Waals surface area contributed by atoms with E-state index >= 15 is 0 Å². The van der Waals surface area contributed by atoms with Crippen LogP contribution in [-0.4, -0.2) is 17.1 Å². The molecule has 2 N–H and O–H groups in total. The minimum absolute atomic E-state index is 0.00636. The van der Waals surface area contributed by atoms with Crippen molar-refractivity contribution < 1.29 is 14.8 Å². The number of nitro groups is 1. The predicted molar refractivity (Wildman–Crippen MR) is 79.3 cm³/mol. The first-order valence-corrected chi connectivity index (χ1v) is 6.39. The van der Waals surface area contributed by atoms with Gasteiger partial charge in [0.2, 0.25) is 0 Å². The number of rotatable bonds is 6. The van der Waals surface area contributed by atoms with E-state index in [4.69, 9.17) is 9.84 Å². The fourth-order valence-electron chi connectivity index (χ4n) is 1.91. The lowest BCUT2D eigenvalue weighted by Crippen LogP contribution is -2.02. The number of aliphatic hydroxyl groups excluding tert-OH is 1. The molecule has 2 aromatic rings. The van der Waals surface area contributed by atoms with E-state index < -0.39 is 4.92 Å². The Morgan fingerprint density at radius 2 is 1.86 bits per heavy atom. The SMILES string of the molecule is COc1ccc([N+](=O)[O-])cc1NCc1ccc(CO)cc1. The van der Waals surface area contributed by atoms with E-state index in [1.165, 1.54) is 19.2 Å². The molecule has 0 aliphatic heterocycles. The van der Waals surface area contributed by atoms with E-state index in [0.29, 0.717) is 18.0 Å². The zero-order valence-electron chi connectivity index (χ0n) is 11.6. The van der Waals surface area contributed by atoms with E-state index in [1.807, 2.05) is 24.3 Å². The highest BCUT2D eigenvalue weighted by Crippen LogP contribution is 2.29. The maximum absolute atomic E-state index is 10.8. The number of aliphatic hydroxyl groups is 1. The summed E-state index contributed by atoms with van der Waals surface area (Å²) in [5, 5.41) is 22.9. The lowest BCUT2D eigenvalue weighted by molar-refractivity contribution is -0.384. The molecule has 0 aliphatic rings. The van der Waals surface area contributed by atoms with Crippen LogP contribution in [0.25, 0.3) is 0 Å². The normalized spacial score (nSPS) is 10.2. The zero-order valence-corrected chi connectivity index (χ0v) is 11.6. The molecule has 0 aromatic heterocycles. The topological polar surface area (TPSA) is 84.6 Å². The van der Waals surface area contributed by atoms with Crippen LogP contribution < -0.4 is 10.1 Å². The highest BCUT2D eigenvalue weighted by Gasteiger charge is 2.11. The maximum Gasteiger partial charge on any atom is 0.271 e. The zero-order chi connectivity index (χ0) is 15.2. The number of anilines is 1. The average Bonchev–Trinajstić information content (AvgIpc) is 2.53. The molecule has 0 fully saturated rings. The van der Waals surface area contributed by atoms with Crippen molar-refractivity contribution in [3.8, 4) is 5.75 Å². The van der Waals surface area contributed by atoms with E-state index in [2.05, 4.69) is 5.32 Å². The van der Waals surface area contributed by atoms with Crippen LogP contribution in [0.2, 0.25) is 0 Å². The summed E-state index contributed by atoms with van der Waals surface area (Å²) < 4.78 is 5.19. The Balaban J connectivity index is 2.13. The third-order valence-corrected chi connectivity index (χ3v) is 3.08. The summed E-state index contributed by atoms with van der Waals surface area (Å²) in [6.45, 7) is 0.510. The highest BCUT2D eigenvalue weighted by atomic mass is 16.6. The van der Waals surface area contributed by atoms with E-state index in [9.17, 15) is 10.1 Å². The van der Waals surface area contributed by atoms with Gasteiger partial charge in [-0.05, 0) is 17.2 Å². The van der Waals surface area contributed by atoms with Crippen molar-refractivity contribution in [3.63, 3.8) is 0 Å². The van der Waals surface area contributed by atoms with E-state index in [-0.39, 0.29) is 12.3 Å². The van der Waals surface area contributed by atoms with Crippen molar-refractivity contribution in [2.45, 2.75) is 13.2 Å². The first-order valence-electron chi connectivity index (χ1n) is 6.39. The molecule has 2 rings (SSSR count). The summed E-state index contributed by atoms with van der Waals surface area (Å²) in [6, 6.07) is 11.9. The summed E-state index contributed by atoms with van der Waals surface area (Å²) in [7, 11) is 1.52. The summed E-state index contributed by atoms with van der Waals surface area (Å²) in [5.41, 5.74) is 2.42. The van der Waals surface area contributed by atoms with Crippen LogP contribution in [-0.2, 0) is 13.2 Å². The molecular formula is C15H16N2O4. The number of hydrogen-bond donors (Lipinski definition) is 2. The monoisotopic (exact) mass is 288 g/mol. The van der Waals surface area contributed by atoms with E-state index in [1.54, 1.807) is 6.07 Å². The van der Waals surface area contributed by atoms with Crippen LogP contribution in [0.5, 0.6) is 5.75 Å². The second-order valence-corrected chi connectivity index (χ2v) is 4.47. The number of nitrogens with one attached hydrogen (secondary N) is 1. The van der Waals surface area contributed by atoms with Crippen LogP contribution in [0.15, 0.2) is 42.5 Å². The average molecular weight is 288 g/mol. The molecule has 0 bridgehead atoms. The Morgan fingerprint density at radius 1 is 1.19 bits per heavy atom. The van der Waals surface area contributed by atoms with Crippen LogP contribution in [0.4, 0.5) is 11.4 Å². The molecule has 0 aliphatic carbocycles. The minimum Gasteiger partial charge on any atom is -0.495 e. The van der Waals surface area contributed by atoms with Gasteiger partial charge in [-0.15, -0.1) is 0 Å². The van der Waals surface area contributed by atoms with Crippen molar-refractivity contribution in [2.24, 2.45) is 0 Å². The summed E-state index contributed by atoms with van der Waals surface area (Å²) in [4.78, 5) is 10.4. The Bertz CT molecular complexity index is 626. The van der Waals surface area contributed by atoms with Gasteiger partial charge in [0.05, 0.1) is 24.3 Å². The number of nitro benzene ring substituents is 1. The van der Waals surface area contributed by atoms with Crippen molar-refractivity contribution in [2.75, 3.05) is 12.4 Å². The van der Waals surface area contributed by atoms with Crippen molar-refractivity contribution in [1.29, 1.82) is 0 Å². The van der Waals surface area contributed by atoms with Gasteiger partial charge in [0.15, 0.2) is 0 Å². The Labute approximate surface area is 122 Å². The Hall–Kier alpha value is -2.60. The molecule has 21 heavy (non-hydrogen) atoms. The number of methoxy groups -OCH3 is 1. The van der Waals surface area contributed by atoms with Gasteiger partial charge in [0, 0.05) is 18.7 Å². The molecule has 110 valence electrons. The second kappa shape index (κ2) is 6.71. The molecule has 0 saturated heterocycles. The molecule has 6 heteroatoms.